The van der Waals surface area contributed by atoms with Crippen LogP contribution < -0.4 is 11.4 Å². The number of fused-ring (bicyclic) bond motifs is 1. The van der Waals surface area contributed by atoms with E-state index in [2.05, 4.69) is 10.1 Å². The molecule has 0 saturated carbocycles. The summed E-state index contributed by atoms with van der Waals surface area (Å²) in [6.07, 6.45) is 0. The van der Waals surface area contributed by atoms with Crippen LogP contribution in [0, 0.1) is 6.92 Å². The van der Waals surface area contributed by atoms with Crippen molar-refractivity contribution < 1.29 is 0 Å². The lowest BCUT2D eigenvalue weighted by molar-refractivity contribution is 0.809. The average Bonchev–Trinajstić information content (AvgIpc) is 2.89. The number of nitrogens with zero attached hydrogens (tertiary/aromatic N) is 4. The zero-order chi connectivity index (χ0) is 14.1. The fourth-order valence-electron chi connectivity index (χ4n) is 1.87. The van der Waals surface area contributed by atoms with Gasteiger partial charge >= 0.3 is 0 Å². The average molecular weight is 287 g/mol. The molecule has 0 aliphatic heterocycles. The standard InChI is InChI=1S/C13H13N5OS/c1-9-7-11(19)17(14)13-15-12(16-18(9)13)20-8-10-5-3-2-4-6-10/h2-7H,8,14H2,1H3. The van der Waals surface area contributed by atoms with Crippen LogP contribution in [0.15, 0.2) is 46.3 Å². The molecular formula is C13H13N5OS. The molecule has 20 heavy (non-hydrogen) atoms. The van der Waals surface area contributed by atoms with E-state index in [0.717, 1.165) is 10.4 Å². The van der Waals surface area contributed by atoms with Gasteiger partial charge in [-0.05, 0) is 12.5 Å². The smallest absolute Gasteiger partial charge is 0.273 e. The molecule has 0 saturated heterocycles. The van der Waals surface area contributed by atoms with Gasteiger partial charge in [-0.25, -0.2) is 4.52 Å². The second-order valence-electron chi connectivity index (χ2n) is 4.37. The third-order valence-corrected chi connectivity index (χ3v) is 3.81. The van der Waals surface area contributed by atoms with E-state index < -0.39 is 0 Å². The Balaban J connectivity index is 1.92. The Labute approximate surface area is 119 Å². The molecule has 0 fully saturated rings. The predicted octanol–water partition coefficient (Wildman–Crippen LogP) is 1.21. The summed E-state index contributed by atoms with van der Waals surface area (Å²) in [7, 11) is 0. The van der Waals surface area contributed by atoms with Crippen LogP contribution in [0.1, 0.15) is 11.3 Å². The molecule has 1 aromatic carbocycles. The maximum absolute atomic E-state index is 11.6. The van der Waals surface area contributed by atoms with Gasteiger partial charge in [0.05, 0.1) is 0 Å². The monoisotopic (exact) mass is 287 g/mol. The molecule has 0 radical (unpaired) electrons. The summed E-state index contributed by atoms with van der Waals surface area (Å²) < 4.78 is 2.58. The van der Waals surface area contributed by atoms with Gasteiger partial charge in [0.25, 0.3) is 11.3 Å². The number of aromatic nitrogens is 4. The Kier molecular flexibility index (Phi) is 3.19. The fraction of sp³-hybridized carbons (Fsp3) is 0.154. The molecule has 0 amide bonds. The van der Waals surface area contributed by atoms with E-state index in [0.29, 0.717) is 16.6 Å². The molecule has 0 spiro atoms. The van der Waals surface area contributed by atoms with Gasteiger partial charge in [-0.1, -0.05) is 42.1 Å². The molecule has 7 heteroatoms. The molecule has 0 aliphatic carbocycles. The van der Waals surface area contributed by atoms with E-state index in [1.54, 1.807) is 11.4 Å². The number of aryl methyl sites for hydroxylation is 1. The van der Waals surface area contributed by atoms with Crippen molar-refractivity contribution in [3.8, 4) is 0 Å². The lowest BCUT2D eigenvalue weighted by Crippen LogP contribution is -2.29. The third-order valence-electron chi connectivity index (χ3n) is 2.90. The van der Waals surface area contributed by atoms with Gasteiger partial charge in [-0.3, -0.25) is 4.79 Å². The summed E-state index contributed by atoms with van der Waals surface area (Å²) >= 11 is 1.51. The molecule has 0 bridgehead atoms. The highest BCUT2D eigenvalue weighted by Gasteiger charge is 2.10. The van der Waals surface area contributed by atoms with Crippen LogP contribution in [-0.4, -0.2) is 19.3 Å². The Hall–Kier alpha value is -2.28. The van der Waals surface area contributed by atoms with Crippen LogP contribution in [0.3, 0.4) is 0 Å². The van der Waals surface area contributed by atoms with Crippen molar-refractivity contribution in [2.45, 2.75) is 17.8 Å². The van der Waals surface area contributed by atoms with Crippen molar-refractivity contribution in [1.29, 1.82) is 0 Å². The van der Waals surface area contributed by atoms with Gasteiger partial charge in [-0.2, -0.15) is 9.66 Å². The van der Waals surface area contributed by atoms with Crippen LogP contribution in [0.5, 0.6) is 0 Å². The lowest BCUT2D eigenvalue weighted by atomic mass is 10.2. The quantitative estimate of drug-likeness (QED) is 0.578. The first-order chi connectivity index (χ1) is 9.65. The second kappa shape index (κ2) is 5.01. The fourth-order valence-corrected chi connectivity index (χ4v) is 2.64. The van der Waals surface area contributed by atoms with Gasteiger partial charge in [0.15, 0.2) is 0 Å². The normalized spacial score (nSPS) is 11.1. The molecule has 3 aromatic rings. The SMILES string of the molecule is Cc1cc(=O)n(N)c2nc(SCc3ccccc3)nn12. The van der Waals surface area contributed by atoms with Crippen molar-refractivity contribution >= 4 is 17.5 Å². The predicted molar refractivity (Wildman–Crippen MR) is 78.1 cm³/mol. The maximum atomic E-state index is 11.6. The van der Waals surface area contributed by atoms with Gasteiger partial charge in [0.1, 0.15) is 0 Å². The van der Waals surface area contributed by atoms with Crippen LogP contribution in [-0.2, 0) is 5.75 Å². The van der Waals surface area contributed by atoms with E-state index in [-0.39, 0.29) is 5.56 Å². The number of thioether (sulfide) groups is 1. The molecule has 0 atom stereocenters. The first-order valence-electron chi connectivity index (χ1n) is 6.06. The van der Waals surface area contributed by atoms with Crippen molar-refractivity contribution in [1.82, 2.24) is 19.3 Å². The van der Waals surface area contributed by atoms with Gasteiger partial charge < -0.3 is 5.84 Å². The Morgan fingerprint density at radius 1 is 1.30 bits per heavy atom. The highest BCUT2D eigenvalue weighted by molar-refractivity contribution is 7.98. The zero-order valence-electron chi connectivity index (χ0n) is 10.9. The van der Waals surface area contributed by atoms with Gasteiger partial charge in [0.2, 0.25) is 5.16 Å². The Morgan fingerprint density at radius 2 is 2.05 bits per heavy atom. The summed E-state index contributed by atoms with van der Waals surface area (Å²) in [5.41, 5.74) is 1.62. The zero-order valence-corrected chi connectivity index (χ0v) is 11.7. The summed E-state index contributed by atoms with van der Waals surface area (Å²) in [6.45, 7) is 1.80. The van der Waals surface area contributed by atoms with E-state index >= 15 is 0 Å². The molecule has 6 nitrogen and oxygen atoms in total. The number of rotatable bonds is 3. The molecular weight excluding hydrogens is 274 g/mol. The summed E-state index contributed by atoms with van der Waals surface area (Å²) in [4.78, 5) is 15.9. The Morgan fingerprint density at radius 3 is 2.80 bits per heavy atom. The minimum atomic E-state index is -0.290. The van der Waals surface area contributed by atoms with E-state index in [9.17, 15) is 4.79 Å². The minimum absolute atomic E-state index is 0.290. The molecule has 0 aliphatic rings. The van der Waals surface area contributed by atoms with Crippen LogP contribution in [0.2, 0.25) is 0 Å². The van der Waals surface area contributed by atoms with Crippen LogP contribution in [0.4, 0.5) is 0 Å². The topological polar surface area (TPSA) is 78.2 Å². The molecule has 2 heterocycles. The van der Waals surface area contributed by atoms with Crippen molar-refractivity contribution in [2.24, 2.45) is 0 Å². The van der Waals surface area contributed by atoms with Crippen LogP contribution in [0.25, 0.3) is 5.78 Å². The highest BCUT2D eigenvalue weighted by atomic mass is 32.2. The first-order valence-corrected chi connectivity index (χ1v) is 7.05. The maximum Gasteiger partial charge on any atom is 0.273 e. The van der Waals surface area contributed by atoms with Crippen molar-refractivity contribution in [3.05, 3.63) is 58.0 Å². The number of nitrogen functional groups attached to an aromatic ring is 1. The van der Waals surface area contributed by atoms with Crippen molar-refractivity contribution in [2.75, 3.05) is 5.84 Å². The highest BCUT2D eigenvalue weighted by Crippen LogP contribution is 2.19. The summed E-state index contributed by atoms with van der Waals surface area (Å²) in [5.74, 6) is 6.80. The van der Waals surface area contributed by atoms with Gasteiger partial charge in [0, 0.05) is 17.5 Å². The molecule has 2 aromatic heterocycles. The van der Waals surface area contributed by atoms with E-state index in [1.165, 1.54) is 23.4 Å². The van der Waals surface area contributed by atoms with Gasteiger partial charge in [-0.15, -0.1) is 5.10 Å². The number of nitrogens with two attached hydrogens (primary N) is 1. The number of hydrogen-bond acceptors (Lipinski definition) is 5. The van der Waals surface area contributed by atoms with Crippen LogP contribution >= 0.6 is 11.8 Å². The Bertz CT molecular complexity index is 809. The van der Waals surface area contributed by atoms with Crippen molar-refractivity contribution in [3.63, 3.8) is 0 Å². The summed E-state index contributed by atoms with van der Waals surface area (Å²) in [5, 5.41) is 4.96. The third kappa shape index (κ3) is 2.27. The van der Waals surface area contributed by atoms with E-state index in [4.69, 9.17) is 5.84 Å². The molecule has 0 unspecified atom stereocenters. The lowest BCUT2D eigenvalue weighted by Gasteiger charge is -2.00. The van der Waals surface area contributed by atoms with E-state index in [1.807, 2.05) is 30.3 Å². The number of hydrogen-bond donors (Lipinski definition) is 1. The largest absolute Gasteiger partial charge is 0.333 e. The first kappa shape index (κ1) is 12.7. The summed E-state index contributed by atoms with van der Waals surface area (Å²) in [6, 6.07) is 11.5. The molecule has 2 N–H and O–H groups in total. The number of benzene rings is 1. The molecule has 102 valence electrons. The second-order valence-corrected chi connectivity index (χ2v) is 5.32. The molecule has 3 rings (SSSR count). The minimum Gasteiger partial charge on any atom is -0.333 e.